The lowest BCUT2D eigenvalue weighted by Gasteiger charge is -2.35. The van der Waals surface area contributed by atoms with Crippen molar-refractivity contribution in [3.8, 4) is 0 Å². The number of fused-ring (bicyclic) bond motifs is 1. The van der Waals surface area contributed by atoms with Crippen molar-refractivity contribution in [2.24, 2.45) is 0 Å². The van der Waals surface area contributed by atoms with Crippen LogP contribution in [0.25, 0.3) is 0 Å². The van der Waals surface area contributed by atoms with Gasteiger partial charge in [0.25, 0.3) is 17.6 Å². The summed E-state index contributed by atoms with van der Waals surface area (Å²) in [6, 6.07) is 0. The number of halogens is 1. The molecule has 0 radical (unpaired) electrons. The van der Waals surface area contributed by atoms with Crippen molar-refractivity contribution in [2.45, 2.75) is 25.2 Å². The molecule has 0 spiro atoms. The first-order chi connectivity index (χ1) is 9.02. The van der Waals surface area contributed by atoms with Crippen LogP contribution in [0.2, 0.25) is 0 Å². The molecule has 3 amide bonds. The first kappa shape index (κ1) is 11.7. The van der Waals surface area contributed by atoms with Gasteiger partial charge in [-0.05, 0) is 0 Å². The predicted octanol–water partition coefficient (Wildman–Crippen LogP) is -0.465. The summed E-state index contributed by atoms with van der Waals surface area (Å²) in [6.07, 6.45) is 2.22. The Morgan fingerprint density at radius 3 is 2.68 bits per heavy atom. The second kappa shape index (κ2) is 3.81. The normalized spacial score (nSPS) is 26.4. The quantitative estimate of drug-likeness (QED) is 0.547. The number of hydrogen-bond acceptors (Lipinski definition) is 5. The predicted molar refractivity (Wildman–Crippen MR) is 58.1 cm³/mol. The van der Waals surface area contributed by atoms with Crippen LogP contribution < -0.4 is 5.32 Å². The van der Waals surface area contributed by atoms with Crippen molar-refractivity contribution in [2.75, 3.05) is 0 Å². The third-order valence-electron chi connectivity index (χ3n) is 3.24. The lowest BCUT2D eigenvalue weighted by molar-refractivity contribution is -0.154. The van der Waals surface area contributed by atoms with Crippen molar-refractivity contribution in [1.29, 1.82) is 0 Å². The lowest BCUT2D eigenvalue weighted by Crippen LogP contribution is -2.60. The van der Waals surface area contributed by atoms with E-state index < -0.39 is 23.5 Å². The van der Waals surface area contributed by atoms with Crippen molar-refractivity contribution in [1.82, 2.24) is 20.2 Å². The maximum absolute atomic E-state index is 14.7. The number of aromatic nitrogens is 2. The van der Waals surface area contributed by atoms with Crippen LogP contribution in [0.3, 0.4) is 0 Å². The Bertz CT molecular complexity index is 605. The van der Waals surface area contributed by atoms with Crippen molar-refractivity contribution in [3.05, 3.63) is 23.8 Å². The maximum atomic E-state index is 14.7. The summed E-state index contributed by atoms with van der Waals surface area (Å²) >= 11 is 0. The fourth-order valence-electron chi connectivity index (χ4n) is 2.23. The molecule has 1 aromatic heterocycles. The minimum Gasteiger partial charge on any atom is -0.292 e. The molecule has 3 heterocycles. The highest BCUT2D eigenvalue weighted by Crippen LogP contribution is 2.33. The van der Waals surface area contributed by atoms with E-state index in [2.05, 4.69) is 9.97 Å². The van der Waals surface area contributed by atoms with Gasteiger partial charge in [0.1, 0.15) is 0 Å². The van der Waals surface area contributed by atoms with Crippen LogP contribution in [0.5, 0.6) is 0 Å². The smallest absolute Gasteiger partial charge is 0.285 e. The van der Waals surface area contributed by atoms with Gasteiger partial charge < -0.3 is 0 Å². The van der Waals surface area contributed by atoms with E-state index in [4.69, 9.17) is 0 Å². The second-order valence-electron chi connectivity index (χ2n) is 4.38. The molecule has 0 bridgehead atoms. The fourth-order valence-corrected chi connectivity index (χ4v) is 2.23. The molecular weight excluding hydrogens is 255 g/mol. The zero-order chi connectivity index (χ0) is 13.6. The number of imide groups is 1. The Kier molecular flexibility index (Phi) is 2.34. The van der Waals surface area contributed by atoms with E-state index in [0.717, 1.165) is 4.90 Å². The number of amides is 3. The molecule has 0 aliphatic carbocycles. The van der Waals surface area contributed by atoms with Gasteiger partial charge in [0.15, 0.2) is 5.69 Å². The van der Waals surface area contributed by atoms with Gasteiger partial charge in [-0.1, -0.05) is 0 Å². The molecule has 8 heteroatoms. The molecule has 1 unspecified atom stereocenters. The van der Waals surface area contributed by atoms with Crippen molar-refractivity contribution in [3.63, 3.8) is 0 Å². The third-order valence-corrected chi connectivity index (χ3v) is 3.24. The average Bonchev–Trinajstić information content (AvgIpc) is 2.73. The summed E-state index contributed by atoms with van der Waals surface area (Å²) in [5.74, 6) is -4.86. The highest BCUT2D eigenvalue weighted by molar-refractivity contribution is 6.05. The van der Waals surface area contributed by atoms with Gasteiger partial charge in [0, 0.05) is 25.2 Å². The van der Waals surface area contributed by atoms with Crippen LogP contribution in [0.15, 0.2) is 12.4 Å². The third kappa shape index (κ3) is 1.60. The summed E-state index contributed by atoms with van der Waals surface area (Å²) < 4.78 is 14.7. The van der Waals surface area contributed by atoms with E-state index in [0.29, 0.717) is 5.69 Å². The molecule has 98 valence electrons. The zero-order valence-electron chi connectivity index (χ0n) is 9.72. The molecule has 1 atom stereocenters. The summed E-state index contributed by atoms with van der Waals surface area (Å²) in [5, 5.41) is 1.91. The Labute approximate surface area is 106 Å². The van der Waals surface area contributed by atoms with Gasteiger partial charge in [-0.15, -0.1) is 0 Å². The monoisotopic (exact) mass is 264 g/mol. The topological polar surface area (TPSA) is 92.3 Å². The molecule has 1 aromatic rings. The van der Waals surface area contributed by atoms with Gasteiger partial charge >= 0.3 is 0 Å². The van der Waals surface area contributed by atoms with Crippen LogP contribution in [-0.2, 0) is 16.1 Å². The summed E-state index contributed by atoms with van der Waals surface area (Å²) in [4.78, 5) is 43.3. The number of carbonyl (C=O) groups excluding carboxylic acids is 3. The number of nitrogens with one attached hydrogen (secondary N) is 1. The molecule has 2 aliphatic heterocycles. The molecule has 0 aromatic carbocycles. The van der Waals surface area contributed by atoms with Gasteiger partial charge in [0.2, 0.25) is 5.91 Å². The van der Waals surface area contributed by atoms with Crippen LogP contribution in [0.4, 0.5) is 4.39 Å². The van der Waals surface area contributed by atoms with E-state index >= 15 is 0 Å². The summed E-state index contributed by atoms with van der Waals surface area (Å²) in [7, 11) is 0. The van der Waals surface area contributed by atoms with Crippen LogP contribution >= 0.6 is 0 Å². The zero-order valence-corrected chi connectivity index (χ0v) is 9.72. The minimum atomic E-state index is -2.52. The first-order valence-corrected chi connectivity index (χ1v) is 5.67. The molecule has 2 aliphatic rings. The molecule has 0 saturated carbocycles. The van der Waals surface area contributed by atoms with Crippen LogP contribution in [0, 0.1) is 0 Å². The fraction of sp³-hybridized carbons (Fsp3) is 0.364. The van der Waals surface area contributed by atoms with Crippen molar-refractivity contribution >= 4 is 17.7 Å². The molecule has 1 saturated heterocycles. The van der Waals surface area contributed by atoms with Gasteiger partial charge in [0.05, 0.1) is 12.2 Å². The molecule has 19 heavy (non-hydrogen) atoms. The standard InChI is InChI=1S/C11H9FN4O3/c12-11(2-1-7(17)15-10(11)19)16-5-6-8(9(16)18)14-4-3-13-6/h3-4H,1-2,5H2,(H,15,17,19). The molecular formula is C11H9FN4O3. The van der Waals surface area contributed by atoms with Crippen molar-refractivity contribution < 1.29 is 18.8 Å². The first-order valence-electron chi connectivity index (χ1n) is 5.67. The van der Waals surface area contributed by atoms with Gasteiger partial charge in [-0.25, -0.2) is 9.37 Å². The van der Waals surface area contributed by atoms with Crippen LogP contribution in [0.1, 0.15) is 29.0 Å². The maximum Gasteiger partial charge on any atom is 0.285 e. The van der Waals surface area contributed by atoms with E-state index in [1.54, 1.807) is 0 Å². The molecule has 3 rings (SSSR count). The average molecular weight is 264 g/mol. The highest BCUT2D eigenvalue weighted by atomic mass is 19.1. The van der Waals surface area contributed by atoms with Crippen LogP contribution in [-0.4, -0.2) is 38.4 Å². The largest absolute Gasteiger partial charge is 0.292 e. The highest BCUT2D eigenvalue weighted by Gasteiger charge is 2.53. The molecule has 1 N–H and O–H groups in total. The number of nitrogens with zero attached hydrogens (tertiary/aromatic N) is 3. The number of carbonyl (C=O) groups is 3. The van der Waals surface area contributed by atoms with Gasteiger partial charge in [-0.2, -0.15) is 0 Å². The van der Waals surface area contributed by atoms with E-state index in [-0.39, 0.29) is 25.1 Å². The Morgan fingerprint density at radius 2 is 2.00 bits per heavy atom. The van der Waals surface area contributed by atoms with E-state index in [9.17, 15) is 18.8 Å². The Balaban J connectivity index is 1.95. The SMILES string of the molecule is O=C1CCC(F)(N2Cc3nccnc3C2=O)C(=O)N1. The minimum absolute atomic E-state index is 0.0456. The second-order valence-corrected chi connectivity index (χ2v) is 4.38. The Hall–Kier alpha value is -2.38. The van der Waals surface area contributed by atoms with E-state index in [1.807, 2.05) is 5.32 Å². The summed E-state index contributed by atoms with van der Waals surface area (Å²) in [5.41, 5.74) is 0.374. The Morgan fingerprint density at radius 1 is 1.26 bits per heavy atom. The molecule has 1 fully saturated rings. The summed E-state index contributed by atoms with van der Waals surface area (Å²) in [6.45, 7) is -0.125. The van der Waals surface area contributed by atoms with E-state index in [1.165, 1.54) is 12.4 Å². The number of hydrogen-bond donors (Lipinski definition) is 1. The number of rotatable bonds is 1. The lowest BCUT2D eigenvalue weighted by atomic mass is 10.0. The van der Waals surface area contributed by atoms with Gasteiger partial charge in [-0.3, -0.25) is 29.6 Å². The number of alkyl halides is 1. The molecule has 7 nitrogen and oxygen atoms in total. The number of piperidine rings is 1.